The van der Waals surface area contributed by atoms with Gasteiger partial charge in [0, 0.05) is 12.4 Å². The summed E-state index contributed by atoms with van der Waals surface area (Å²) in [7, 11) is 0. The van der Waals surface area contributed by atoms with Gasteiger partial charge in [0.1, 0.15) is 0 Å². The zero-order chi connectivity index (χ0) is 12.3. The molecule has 0 bridgehead atoms. The van der Waals surface area contributed by atoms with Gasteiger partial charge in [0.05, 0.1) is 8.93 Å². The summed E-state index contributed by atoms with van der Waals surface area (Å²) < 4.78 is 1.32. The third-order valence-electron chi connectivity index (χ3n) is 2.72. The van der Waals surface area contributed by atoms with Crippen LogP contribution in [0.2, 0.25) is 0 Å². The first-order valence-corrected chi connectivity index (χ1v) is 7.56. The highest BCUT2D eigenvalue weighted by molar-refractivity contribution is 14.1. The van der Waals surface area contributed by atoms with Crippen molar-refractivity contribution in [3.05, 3.63) is 49.5 Å². The smallest absolute Gasteiger partial charge is 0.0656 e. The molecule has 0 fully saturated rings. The standard InChI is InChI=1S/C13H15IN2S/c1-3-16-13(10-6-12(14)17-8-10)11-7-15-5-4-9(11)2/h4-8,13,16H,3H2,1-2H3. The first-order valence-electron chi connectivity index (χ1n) is 5.60. The lowest BCUT2D eigenvalue weighted by atomic mass is 9.99. The van der Waals surface area contributed by atoms with E-state index in [9.17, 15) is 0 Å². The Morgan fingerprint density at radius 2 is 2.35 bits per heavy atom. The number of hydrogen-bond acceptors (Lipinski definition) is 3. The van der Waals surface area contributed by atoms with Crippen LogP contribution < -0.4 is 5.32 Å². The largest absolute Gasteiger partial charge is 0.306 e. The number of nitrogens with one attached hydrogen (secondary N) is 1. The SMILES string of the molecule is CCNC(c1csc(I)c1)c1cnccc1C. The second-order valence-electron chi connectivity index (χ2n) is 3.91. The van der Waals surface area contributed by atoms with Gasteiger partial charge in [-0.25, -0.2) is 0 Å². The fraction of sp³-hybridized carbons (Fsp3) is 0.308. The van der Waals surface area contributed by atoms with Crippen molar-refractivity contribution in [1.82, 2.24) is 10.3 Å². The molecule has 1 unspecified atom stereocenters. The molecule has 0 saturated carbocycles. The number of thiophene rings is 1. The second-order valence-corrected chi connectivity index (χ2v) is 6.71. The summed E-state index contributed by atoms with van der Waals surface area (Å²) in [5.41, 5.74) is 3.88. The van der Waals surface area contributed by atoms with Crippen LogP contribution in [0.3, 0.4) is 0 Å². The van der Waals surface area contributed by atoms with Gasteiger partial charge in [0.15, 0.2) is 0 Å². The first-order chi connectivity index (χ1) is 8.22. The number of aryl methyl sites for hydroxylation is 1. The van der Waals surface area contributed by atoms with Crippen molar-refractivity contribution in [2.45, 2.75) is 19.9 Å². The van der Waals surface area contributed by atoms with Crippen molar-refractivity contribution in [1.29, 1.82) is 0 Å². The van der Waals surface area contributed by atoms with Gasteiger partial charge in [-0.05, 0) is 70.3 Å². The molecule has 2 aromatic rings. The Morgan fingerprint density at radius 3 is 2.94 bits per heavy atom. The van der Waals surface area contributed by atoms with Crippen LogP contribution in [0.4, 0.5) is 0 Å². The average molecular weight is 358 g/mol. The third-order valence-corrected chi connectivity index (χ3v) is 4.53. The molecule has 90 valence electrons. The van der Waals surface area contributed by atoms with Crippen LogP contribution in [0, 0.1) is 9.81 Å². The van der Waals surface area contributed by atoms with Crippen LogP contribution in [0.1, 0.15) is 29.7 Å². The van der Waals surface area contributed by atoms with Crippen molar-refractivity contribution in [2.24, 2.45) is 0 Å². The fourth-order valence-corrected chi connectivity index (χ4v) is 3.26. The Hall–Kier alpha value is -0.460. The van der Waals surface area contributed by atoms with E-state index in [4.69, 9.17) is 0 Å². The molecule has 0 saturated heterocycles. The summed E-state index contributed by atoms with van der Waals surface area (Å²) in [6, 6.07) is 4.57. The number of nitrogens with zero attached hydrogens (tertiary/aromatic N) is 1. The molecular formula is C13H15IN2S. The van der Waals surface area contributed by atoms with E-state index in [1.54, 1.807) is 11.3 Å². The molecule has 2 heterocycles. The van der Waals surface area contributed by atoms with Crippen LogP contribution in [-0.4, -0.2) is 11.5 Å². The van der Waals surface area contributed by atoms with Crippen molar-refractivity contribution in [3.8, 4) is 0 Å². The highest BCUT2D eigenvalue weighted by atomic mass is 127. The van der Waals surface area contributed by atoms with Crippen LogP contribution in [-0.2, 0) is 0 Å². The van der Waals surface area contributed by atoms with E-state index >= 15 is 0 Å². The molecule has 4 heteroatoms. The monoisotopic (exact) mass is 358 g/mol. The molecule has 1 atom stereocenters. The number of aromatic nitrogens is 1. The van der Waals surface area contributed by atoms with Crippen molar-refractivity contribution < 1.29 is 0 Å². The maximum atomic E-state index is 4.24. The Morgan fingerprint density at radius 1 is 1.53 bits per heavy atom. The molecular weight excluding hydrogens is 343 g/mol. The molecule has 1 N–H and O–H groups in total. The third kappa shape index (κ3) is 3.05. The molecule has 0 aliphatic heterocycles. The summed E-state index contributed by atoms with van der Waals surface area (Å²) >= 11 is 4.15. The van der Waals surface area contributed by atoms with E-state index < -0.39 is 0 Å². The summed E-state index contributed by atoms with van der Waals surface area (Å²) in [4.78, 5) is 4.24. The number of rotatable bonds is 4. The van der Waals surface area contributed by atoms with E-state index in [-0.39, 0.29) is 6.04 Å². The predicted molar refractivity (Wildman–Crippen MR) is 81.5 cm³/mol. The maximum Gasteiger partial charge on any atom is 0.0656 e. The number of halogens is 1. The van der Waals surface area contributed by atoms with Crippen LogP contribution >= 0.6 is 33.9 Å². The van der Waals surface area contributed by atoms with Gasteiger partial charge in [-0.2, -0.15) is 0 Å². The molecule has 2 aromatic heterocycles. The van der Waals surface area contributed by atoms with Gasteiger partial charge in [-0.3, -0.25) is 4.98 Å². The highest BCUT2D eigenvalue weighted by Gasteiger charge is 2.16. The molecule has 17 heavy (non-hydrogen) atoms. The number of pyridine rings is 1. The molecule has 0 aromatic carbocycles. The molecule has 0 aliphatic rings. The minimum atomic E-state index is 0.258. The topological polar surface area (TPSA) is 24.9 Å². The minimum Gasteiger partial charge on any atom is -0.306 e. The number of hydrogen-bond donors (Lipinski definition) is 1. The van der Waals surface area contributed by atoms with Crippen molar-refractivity contribution >= 4 is 33.9 Å². The Bertz CT molecular complexity index is 496. The van der Waals surface area contributed by atoms with Crippen molar-refractivity contribution in [2.75, 3.05) is 6.54 Å². The fourth-order valence-electron chi connectivity index (χ4n) is 1.86. The van der Waals surface area contributed by atoms with Gasteiger partial charge >= 0.3 is 0 Å². The van der Waals surface area contributed by atoms with E-state index in [1.165, 1.54) is 19.6 Å². The van der Waals surface area contributed by atoms with Gasteiger partial charge in [-0.15, -0.1) is 11.3 Å². The zero-order valence-electron chi connectivity index (χ0n) is 9.90. The molecule has 0 aliphatic carbocycles. The highest BCUT2D eigenvalue weighted by Crippen LogP contribution is 2.28. The van der Waals surface area contributed by atoms with Crippen LogP contribution in [0.5, 0.6) is 0 Å². The molecule has 0 radical (unpaired) electrons. The molecule has 2 rings (SSSR count). The van der Waals surface area contributed by atoms with Crippen molar-refractivity contribution in [3.63, 3.8) is 0 Å². The lowest BCUT2D eigenvalue weighted by Crippen LogP contribution is -2.22. The molecule has 0 spiro atoms. The van der Waals surface area contributed by atoms with E-state index in [0.29, 0.717) is 0 Å². The lowest BCUT2D eigenvalue weighted by molar-refractivity contribution is 0.627. The quantitative estimate of drug-likeness (QED) is 0.842. The van der Waals surface area contributed by atoms with Gasteiger partial charge in [-0.1, -0.05) is 6.92 Å². The van der Waals surface area contributed by atoms with Gasteiger partial charge in [0.25, 0.3) is 0 Å². The second kappa shape index (κ2) is 5.93. The van der Waals surface area contributed by atoms with Gasteiger partial charge < -0.3 is 5.32 Å². The van der Waals surface area contributed by atoms with Gasteiger partial charge in [0.2, 0.25) is 0 Å². The minimum absolute atomic E-state index is 0.258. The molecule has 2 nitrogen and oxygen atoms in total. The summed E-state index contributed by atoms with van der Waals surface area (Å²) in [5.74, 6) is 0. The summed E-state index contributed by atoms with van der Waals surface area (Å²) in [6.45, 7) is 5.22. The van der Waals surface area contributed by atoms with Crippen LogP contribution in [0.15, 0.2) is 29.9 Å². The summed E-state index contributed by atoms with van der Waals surface area (Å²) in [5, 5.41) is 5.76. The average Bonchev–Trinajstić information content (AvgIpc) is 2.74. The summed E-state index contributed by atoms with van der Waals surface area (Å²) in [6.07, 6.45) is 3.81. The van der Waals surface area contributed by atoms with E-state index in [2.05, 4.69) is 64.3 Å². The Balaban J connectivity index is 2.39. The lowest BCUT2D eigenvalue weighted by Gasteiger charge is -2.18. The zero-order valence-corrected chi connectivity index (χ0v) is 12.9. The Labute approximate surface area is 120 Å². The Kier molecular flexibility index (Phi) is 4.53. The van der Waals surface area contributed by atoms with Crippen LogP contribution in [0.25, 0.3) is 0 Å². The normalized spacial score (nSPS) is 12.6. The first kappa shape index (κ1) is 13.0. The van der Waals surface area contributed by atoms with E-state index in [0.717, 1.165) is 6.54 Å². The maximum absolute atomic E-state index is 4.24. The predicted octanol–water partition coefficient (Wildman–Crippen LogP) is 3.76. The van der Waals surface area contributed by atoms with E-state index in [1.807, 2.05) is 12.4 Å². The molecule has 0 amide bonds.